The van der Waals surface area contributed by atoms with E-state index in [9.17, 15) is 9.59 Å². The third-order valence-corrected chi connectivity index (χ3v) is 4.94. The number of thioether (sulfide) groups is 1. The number of hydrogen-bond acceptors (Lipinski definition) is 6. The van der Waals surface area contributed by atoms with Gasteiger partial charge in [-0.15, -0.1) is 11.8 Å². The Bertz CT molecular complexity index is 526. The molecule has 0 unspecified atom stereocenters. The van der Waals surface area contributed by atoms with Crippen LogP contribution in [0.5, 0.6) is 0 Å². The van der Waals surface area contributed by atoms with Gasteiger partial charge in [0.15, 0.2) is 10.9 Å². The van der Waals surface area contributed by atoms with Gasteiger partial charge in [0.25, 0.3) is 0 Å². The van der Waals surface area contributed by atoms with Gasteiger partial charge in [-0.3, -0.25) is 9.59 Å². The topological polar surface area (TPSA) is 79.3 Å². The lowest BCUT2D eigenvalue weighted by molar-refractivity contribution is -0.113. The van der Waals surface area contributed by atoms with Gasteiger partial charge in [-0.05, 0) is 11.8 Å². The quantitative estimate of drug-likeness (QED) is 0.812. The molecule has 1 aliphatic rings. The molecule has 0 bridgehead atoms. The largest absolute Gasteiger partial charge is 0.396 e. The van der Waals surface area contributed by atoms with E-state index in [4.69, 9.17) is 5.11 Å². The van der Waals surface area contributed by atoms with Crippen molar-refractivity contribution in [3.05, 3.63) is 10.6 Å². The highest BCUT2D eigenvalue weighted by Crippen LogP contribution is 2.38. The van der Waals surface area contributed by atoms with Crippen LogP contribution in [0.3, 0.4) is 0 Å². The van der Waals surface area contributed by atoms with Crippen LogP contribution >= 0.6 is 23.1 Å². The van der Waals surface area contributed by atoms with Crippen LogP contribution in [0.4, 0.5) is 5.13 Å². The van der Waals surface area contributed by atoms with Crippen molar-refractivity contribution >= 4 is 39.9 Å². The summed E-state index contributed by atoms with van der Waals surface area (Å²) in [7, 11) is 0. The third kappa shape index (κ3) is 3.80. The van der Waals surface area contributed by atoms with E-state index in [-0.39, 0.29) is 29.5 Å². The average molecular weight is 314 g/mol. The minimum absolute atomic E-state index is 0.0591. The molecule has 2 N–H and O–H groups in total. The number of nitrogens with zero attached hydrogens (tertiary/aromatic N) is 1. The fourth-order valence-electron chi connectivity index (χ4n) is 2.16. The summed E-state index contributed by atoms with van der Waals surface area (Å²) in [4.78, 5) is 28.8. The molecule has 7 heteroatoms. The van der Waals surface area contributed by atoms with Crippen molar-refractivity contribution in [2.45, 2.75) is 26.7 Å². The Kier molecular flexibility index (Phi) is 4.82. The minimum Gasteiger partial charge on any atom is -0.396 e. The van der Waals surface area contributed by atoms with Gasteiger partial charge in [-0.1, -0.05) is 25.2 Å². The fraction of sp³-hybridized carbons (Fsp3) is 0.615. The molecule has 5 nitrogen and oxygen atoms in total. The first-order valence-electron chi connectivity index (χ1n) is 6.43. The lowest BCUT2D eigenvalue weighted by atomic mass is 9.78. The first kappa shape index (κ1) is 15.5. The Morgan fingerprint density at radius 2 is 2.25 bits per heavy atom. The van der Waals surface area contributed by atoms with Crippen LogP contribution < -0.4 is 5.32 Å². The molecule has 0 radical (unpaired) electrons. The predicted octanol–water partition coefficient (Wildman–Crippen LogP) is 1.96. The number of anilines is 1. The predicted molar refractivity (Wildman–Crippen MR) is 81.6 cm³/mol. The number of amides is 1. The van der Waals surface area contributed by atoms with E-state index < -0.39 is 0 Å². The summed E-state index contributed by atoms with van der Waals surface area (Å²) >= 11 is 2.62. The van der Waals surface area contributed by atoms with Gasteiger partial charge in [0.05, 0.1) is 22.9 Å². The number of carbonyl (C=O) groups excluding carboxylic acids is 2. The first-order chi connectivity index (χ1) is 9.41. The smallest absolute Gasteiger partial charge is 0.236 e. The highest BCUT2D eigenvalue weighted by atomic mass is 32.2. The standard InChI is InChI=1S/C13H18N2O3S2/c1-13(2)5-8-11(9(17)6-13)20-12(14-8)15-10(18)7-19-4-3-16/h16H,3-7H2,1-2H3,(H,14,15,18). The van der Waals surface area contributed by atoms with Gasteiger partial charge in [0.2, 0.25) is 5.91 Å². The van der Waals surface area contributed by atoms with Crippen molar-refractivity contribution in [1.29, 1.82) is 0 Å². The highest BCUT2D eigenvalue weighted by molar-refractivity contribution is 7.99. The third-order valence-electron chi connectivity index (χ3n) is 2.95. The van der Waals surface area contributed by atoms with Crippen LogP contribution in [0.25, 0.3) is 0 Å². The molecular weight excluding hydrogens is 296 g/mol. The number of rotatable bonds is 5. The SMILES string of the molecule is CC1(C)CC(=O)c2sc(NC(=O)CSCCO)nc2C1. The monoisotopic (exact) mass is 314 g/mol. The van der Waals surface area contributed by atoms with Crippen molar-refractivity contribution in [3.8, 4) is 0 Å². The van der Waals surface area contributed by atoms with Crippen LogP contribution in [0.1, 0.15) is 35.6 Å². The number of aromatic nitrogens is 1. The number of aliphatic hydroxyl groups excluding tert-OH is 1. The maximum absolute atomic E-state index is 12.0. The Morgan fingerprint density at radius 3 is 2.95 bits per heavy atom. The van der Waals surface area contributed by atoms with E-state index in [1.54, 1.807) is 0 Å². The lowest BCUT2D eigenvalue weighted by Gasteiger charge is -2.26. The van der Waals surface area contributed by atoms with Gasteiger partial charge < -0.3 is 10.4 Å². The molecule has 1 heterocycles. The summed E-state index contributed by atoms with van der Waals surface area (Å²) in [5, 5.41) is 11.9. The van der Waals surface area contributed by atoms with E-state index in [2.05, 4.69) is 24.1 Å². The second-order valence-corrected chi connectivity index (χ2v) is 7.66. The van der Waals surface area contributed by atoms with E-state index in [0.29, 0.717) is 22.2 Å². The number of aliphatic hydroxyl groups is 1. The molecule has 0 saturated heterocycles. The van der Waals surface area contributed by atoms with E-state index >= 15 is 0 Å². The van der Waals surface area contributed by atoms with Crippen LogP contribution in [0.15, 0.2) is 0 Å². The molecule has 0 aromatic carbocycles. The first-order valence-corrected chi connectivity index (χ1v) is 8.40. The van der Waals surface area contributed by atoms with Gasteiger partial charge >= 0.3 is 0 Å². The summed E-state index contributed by atoms with van der Waals surface area (Å²) in [6.07, 6.45) is 1.29. The lowest BCUT2D eigenvalue weighted by Crippen LogP contribution is -2.26. The maximum atomic E-state index is 12.0. The number of carbonyl (C=O) groups is 2. The maximum Gasteiger partial charge on any atom is 0.236 e. The molecule has 0 spiro atoms. The molecule has 1 aromatic rings. The highest BCUT2D eigenvalue weighted by Gasteiger charge is 2.34. The molecule has 0 saturated carbocycles. The number of thiazole rings is 1. The van der Waals surface area contributed by atoms with Gasteiger partial charge in [-0.2, -0.15) is 0 Å². The van der Waals surface area contributed by atoms with Gasteiger partial charge in [-0.25, -0.2) is 4.98 Å². The number of Topliss-reactive ketones (excluding diaryl/α,β-unsaturated/α-hetero) is 1. The molecule has 0 atom stereocenters. The van der Waals surface area contributed by atoms with E-state index in [1.165, 1.54) is 23.1 Å². The molecular formula is C13H18N2O3S2. The number of hydrogen-bond donors (Lipinski definition) is 2. The fourth-order valence-corrected chi connectivity index (χ4v) is 3.63. The molecule has 0 fully saturated rings. The van der Waals surface area contributed by atoms with Gasteiger partial charge in [0.1, 0.15) is 0 Å². The second-order valence-electron chi connectivity index (χ2n) is 5.56. The van der Waals surface area contributed by atoms with Crippen LogP contribution in [-0.2, 0) is 11.2 Å². The summed E-state index contributed by atoms with van der Waals surface area (Å²) in [5.41, 5.74) is 0.741. The second kappa shape index (κ2) is 6.24. The Balaban J connectivity index is 2.02. The summed E-state index contributed by atoms with van der Waals surface area (Å²) in [6, 6.07) is 0. The zero-order chi connectivity index (χ0) is 14.8. The molecule has 110 valence electrons. The van der Waals surface area contributed by atoms with Crippen molar-refractivity contribution in [2.24, 2.45) is 5.41 Å². The molecule has 0 aliphatic heterocycles. The number of fused-ring (bicyclic) bond motifs is 1. The summed E-state index contributed by atoms with van der Waals surface area (Å²) < 4.78 is 0. The number of nitrogens with one attached hydrogen (secondary N) is 1. The molecule has 1 amide bonds. The van der Waals surface area contributed by atoms with Crippen LogP contribution in [0.2, 0.25) is 0 Å². The Hall–Kier alpha value is -0.920. The van der Waals surface area contributed by atoms with Crippen molar-refractivity contribution in [2.75, 3.05) is 23.4 Å². The van der Waals surface area contributed by atoms with Crippen molar-refractivity contribution in [1.82, 2.24) is 4.98 Å². The summed E-state index contributed by atoms with van der Waals surface area (Å²) in [6.45, 7) is 4.17. The number of ketones is 1. The molecule has 1 aromatic heterocycles. The Labute approximate surface area is 126 Å². The normalized spacial score (nSPS) is 16.9. The molecule has 2 rings (SSSR count). The molecule has 20 heavy (non-hydrogen) atoms. The summed E-state index contributed by atoms with van der Waals surface area (Å²) in [5.74, 6) is 0.781. The van der Waals surface area contributed by atoms with E-state index in [1.807, 2.05) is 0 Å². The van der Waals surface area contributed by atoms with E-state index in [0.717, 1.165) is 12.1 Å². The Morgan fingerprint density at radius 1 is 1.50 bits per heavy atom. The van der Waals surface area contributed by atoms with Crippen molar-refractivity contribution in [3.63, 3.8) is 0 Å². The zero-order valence-electron chi connectivity index (χ0n) is 11.6. The van der Waals surface area contributed by atoms with Crippen LogP contribution in [0, 0.1) is 5.41 Å². The average Bonchev–Trinajstić information content (AvgIpc) is 2.70. The zero-order valence-corrected chi connectivity index (χ0v) is 13.2. The van der Waals surface area contributed by atoms with Crippen LogP contribution in [-0.4, -0.2) is 39.9 Å². The van der Waals surface area contributed by atoms with Gasteiger partial charge in [0, 0.05) is 12.2 Å². The van der Waals surface area contributed by atoms with Crippen molar-refractivity contribution < 1.29 is 14.7 Å². The molecule has 1 aliphatic carbocycles. The minimum atomic E-state index is -0.152.